The standard InChI is InChI=1S/C25H21N3O3S.Na/c1-31-28-22(23(29)30)21-17-32-24(26-21)27-25(18-11-5-2-6-12-18,19-13-7-3-8-14-19)20-15-9-4-10-16-20;/h2-17H,1H3,(H,26,27)(H,29,30);/q;+1/p-1. The third-order valence-electron chi connectivity index (χ3n) is 5.04. The van der Waals surface area contributed by atoms with Crippen LogP contribution in [0.15, 0.2) is 102 Å². The van der Waals surface area contributed by atoms with Crippen molar-refractivity contribution in [2.24, 2.45) is 5.16 Å². The average Bonchev–Trinajstić information content (AvgIpc) is 3.30. The van der Waals surface area contributed by atoms with E-state index in [2.05, 4.69) is 56.7 Å². The van der Waals surface area contributed by atoms with E-state index >= 15 is 0 Å². The summed E-state index contributed by atoms with van der Waals surface area (Å²) in [5, 5.41) is 20.8. The van der Waals surface area contributed by atoms with Gasteiger partial charge in [0.15, 0.2) is 10.8 Å². The zero-order valence-corrected chi connectivity index (χ0v) is 21.1. The van der Waals surface area contributed by atoms with Crippen molar-refractivity contribution >= 4 is 28.1 Å². The second-order valence-corrected chi connectivity index (χ2v) is 7.78. The van der Waals surface area contributed by atoms with Crippen LogP contribution >= 0.6 is 11.3 Å². The van der Waals surface area contributed by atoms with Crippen LogP contribution in [-0.4, -0.2) is 23.8 Å². The predicted molar refractivity (Wildman–Crippen MR) is 123 cm³/mol. The third kappa shape index (κ3) is 5.17. The molecule has 3 aromatic carbocycles. The summed E-state index contributed by atoms with van der Waals surface area (Å²) in [6.45, 7) is 0. The molecule has 0 aliphatic heterocycles. The normalized spacial score (nSPS) is 11.4. The number of carbonyl (C=O) groups is 1. The molecule has 1 aromatic heterocycles. The van der Waals surface area contributed by atoms with Gasteiger partial charge in [0.2, 0.25) is 0 Å². The monoisotopic (exact) mass is 465 g/mol. The number of carboxylic acids is 1. The molecule has 8 heteroatoms. The van der Waals surface area contributed by atoms with Gasteiger partial charge in [0, 0.05) is 5.38 Å². The topological polar surface area (TPSA) is 86.6 Å². The summed E-state index contributed by atoms with van der Waals surface area (Å²) in [6.07, 6.45) is 0. The number of nitrogens with one attached hydrogen (secondary N) is 1. The molecule has 160 valence electrons. The maximum atomic E-state index is 11.5. The maximum Gasteiger partial charge on any atom is 1.00 e. The van der Waals surface area contributed by atoms with Crippen LogP contribution in [0.5, 0.6) is 0 Å². The number of aromatic nitrogens is 1. The minimum atomic E-state index is -1.45. The summed E-state index contributed by atoms with van der Waals surface area (Å²) >= 11 is 1.28. The summed E-state index contributed by atoms with van der Waals surface area (Å²) in [5.41, 5.74) is 2.09. The van der Waals surface area contributed by atoms with E-state index in [9.17, 15) is 9.90 Å². The van der Waals surface area contributed by atoms with Crippen LogP contribution in [0, 0.1) is 0 Å². The molecule has 0 unspecified atom stereocenters. The first kappa shape index (κ1) is 24.7. The van der Waals surface area contributed by atoms with Crippen molar-refractivity contribution in [1.82, 2.24) is 4.98 Å². The van der Waals surface area contributed by atoms with Gasteiger partial charge in [0.05, 0.1) is 5.97 Å². The number of nitrogens with zero attached hydrogens (tertiary/aromatic N) is 2. The van der Waals surface area contributed by atoms with E-state index in [0.29, 0.717) is 5.13 Å². The zero-order valence-electron chi connectivity index (χ0n) is 18.3. The second-order valence-electron chi connectivity index (χ2n) is 6.92. The third-order valence-corrected chi connectivity index (χ3v) is 5.80. The number of thiazole rings is 1. The molecule has 0 radical (unpaired) electrons. The van der Waals surface area contributed by atoms with E-state index in [1.54, 1.807) is 5.38 Å². The number of carboxylic acid groups (broad SMARTS) is 1. The van der Waals surface area contributed by atoms with Crippen molar-refractivity contribution in [2.75, 3.05) is 12.4 Å². The second kappa shape index (κ2) is 11.2. The minimum Gasteiger partial charge on any atom is -0.543 e. The van der Waals surface area contributed by atoms with Crippen molar-refractivity contribution in [3.8, 4) is 0 Å². The molecule has 33 heavy (non-hydrogen) atoms. The average molecular weight is 466 g/mol. The Morgan fingerprint density at radius 2 is 1.36 bits per heavy atom. The molecule has 0 saturated heterocycles. The van der Waals surface area contributed by atoms with Crippen LogP contribution < -0.4 is 40.0 Å². The zero-order chi connectivity index (χ0) is 22.4. The van der Waals surface area contributed by atoms with E-state index in [1.165, 1.54) is 18.4 Å². The minimum absolute atomic E-state index is 0. The maximum absolute atomic E-state index is 11.5. The molecule has 0 fully saturated rings. The number of hydrogen-bond acceptors (Lipinski definition) is 7. The Balaban J connectivity index is 0.00000306. The van der Waals surface area contributed by atoms with Crippen LogP contribution in [0.2, 0.25) is 0 Å². The molecule has 0 saturated carbocycles. The van der Waals surface area contributed by atoms with Crippen molar-refractivity contribution in [2.45, 2.75) is 5.54 Å². The summed E-state index contributed by atoms with van der Waals surface area (Å²) in [5.74, 6) is -1.45. The molecule has 0 aliphatic rings. The first-order valence-corrected chi connectivity index (χ1v) is 10.8. The summed E-state index contributed by atoms with van der Waals surface area (Å²) in [4.78, 5) is 20.6. The first-order chi connectivity index (χ1) is 15.6. The fraction of sp³-hybridized carbons (Fsp3) is 0.0800. The molecule has 6 nitrogen and oxygen atoms in total. The van der Waals surface area contributed by atoms with Gasteiger partial charge < -0.3 is 20.1 Å². The van der Waals surface area contributed by atoms with Gasteiger partial charge in [-0.25, -0.2) is 4.98 Å². The van der Waals surface area contributed by atoms with Crippen molar-refractivity contribution in [1.29, 1.82) is 0 Å². The molecule has 4 aromatic rings. The number of anilines is 1. The Hall–Kier alpha value is -2.97. The summed E-state index contributed by atoms with van der Waals surface area (Å²) in [6, 6.07) is 30.2. The van der Waals surface area contributed by atoms with E-state index in [-0.39, 0.29) is 41.0 Å². The van der Waals surface area contributed by atoms with Gasteiger partial charge in [-0.3, -0.25) is 0 Å². The quantitative estimate of drug-likeness (QED) is 0.179. The predicted octanol–water partition coefficient (Wildman–Crippen LogP) is 0.651. The molecular formula is C25H20N3NaO3S. The Morgan fingerprint density at radius 3 is 1.76 bits per heavy atom. The molecular weight excluding hydrogens is 445 g/mol. The van der Waals surface area contributed by atoms with Crippen LogP contribution in [0.1, 0.15) is 22.4 Å². The Morgan fingerprint density at radius 1 is 0.909 bits per heavy atom. The van der Waals surface area contributed by atoms with Crippen LogP contribution in [0.3, 0.4) is 0 Å². The Kier molecular flexibility index (Phi) is 8.41. The van der Waals surface area contributed by atoms with Gasteiger partial charge in [-0.1, -0.05) is 96.2 Å². The number of hydrogen-bond donors (Lipinski definition) is 1. The molecule has 0 amide bonds. The molecule has 0 aliphatic carbocycles. The molecule has 0 spiro atoms. The number of carbonyl (C=O) groups excluding carboxylic acids is 1. The van der Waals surface area contributed by atoms with Crippen molar-refractivity contribution in [3.05, 3.63) is 119 Å². The summed E-state index contributed by atoms with van der Waals surface area (Å²) in [7, 11) is 1.28. The van der Waals surface area contributed by atoms with Crippen molar-refractivity contribution < 1.29 is 44.3 Å². The number of rotatable bonds is 8. The molecule has 0 bridgehead atoms. The summed E-state index contributed by atoms with van der Waals surface area (Å²) < 4.78 is 0. The van der Waals surface area contributed by atoms with Gasteiger partial charge in [-0.15, -0.1) is 11.3 Å². The fourth-order valence-corrected chi connectivity index (χ4v) is 4.41. The fourth-order valence-electron chi connectivity index (χ4n) is 3.66. The van der Waals surface area contributed by atoms with Gasteiger partial charge in [0.1, 0.15) is 18.3 Å². The van der Waals surface area contributed by atoms with Gasteiger partial charge >= 0.3 is 29.6 Å². The number of benzene rings is 3. The Labute approximate surface area is 218 Å². The number of aliphatic carboxylic acids is 1. The van der Waals surface area contributed by atoms with Crippen LogP contribution in [-0.2, 0) is 15.2 Å². The Bertz CT molecular complexity index is 1120. The largest absolute Gasteiger partial charge is 1.00 e. The molecule has 0 atom stereocenters. The van der Waals surface area contributed by atoms with Crippen LogP contribution in [0.4, 0.5) is 5.13 Å². The molecule has 1 heterocycles. The molecule has 1 N–H and O–H groups in total. The van der Waals surface area contributed by atoms with Gasteiger partial charge in [-0.05, 0) is 16.7 Å². The van der Waals surface area contributed by atoms with E-state index in [1.807, 2.05) is 54.6 Å². The molecule has 4 rings (SSSR count). The SMILES string of the molecule is CON=C(C(=O)[O-])c1csc(NC(c2ccccc2)(c2ccccc2)c2ccccc2)n1.[Na+]. The smallest absolute Gasteiger partial charge is 0.543 e. The van der Waals surface area contributed by atoms with Crippen LogP contribution in [0.25, 0.3) is 0 Å². The van der Waals surface area contributed by atoms with Gasteiger partial charge in [0.25, 0.3) is 0 Å². The van der Waals surface area contributed by atoms with Crippen molar-refractivity contribution in [3.63, 3.8) is 0 Å². The first-order valence-electron chi connectivity index (χ1n) is 9.88. The van der Waals surface area contributed by atoms with E-state index < -0.39 is 11.5 Å². The van der Waals surface area contributed by atoms with E-state index in [4.69, 9.17) is 0 Å². The number of oxime groups is 1. The van der Waals surface area contributed by atoms with Gasteiger partial charge in [-0.2, -0.15) is 0 Å². The van der Waals surface area contributed by atoms with E-state index in [0.717, 1.165) is 16.7 Å².